The molecule has 21 heteroatoms. The third kappa shape index (κ3) is 18.3. The van der Waals surface area contributed by atoms with Crippen LogP contribution in [-0.2, 0) is 60.4 Å². The molecule has 0 aliphatic carbocycles. The SMILES string of the molecule is COCCOCCC(=O)N1C[C@H](OCCCCc2ccccc2)CC1C(=O)N[C@@H](CC(C)C)C(=O)N[C@@H](Cc1cnc[nH]1)C(=O)N[C@@H](C)C(=O)N[C@H](C(N)=O)[C@@H](C)CP(=O)(O)O. The maximum atomic E-state index is 14.1. The van der Waals surface area contributed by atoms with E-state index in [2.05, 4.69) is 43.4 Å². The van der Waals surface area contributed by atoms with Crippen molar-refractivity contribution in [3.63, 3.8) is 0 Å². The molecule has 1 aliphatic heterocycles. The van der Waals surface area contributed by atoms with Crippen LogP contribution in [0.25, 0.3) is 0 Å². The molecule has 0 spiro atoms. The van der Waals surface area contributed by atoms with Gasteiger partial charge in [0, 0.05) is 45.0 Å². The highest BCUT2D eigenvalue weighted by Gasteiger charge is 2.41. The van der Waals surface area contributed by atoms with Gasteiger partial charge in [-0.05, 0) is 50.0 Å². The molecule has 1 saturated heterocycles. The van der Waals surface area contributed by atoms with Crippen LogP contribution in [0.5, 0.6) is 0 Å². The molecule has 6 amide bonds. The van der Waals surface area contributed by atoms with Crippen LogP contribution in [0.4, 0.5) is 0 Å². The number of H-pyrrole nitrogens is 1. The van der Waals surface area contributed by atoms with Gasteiger partial charge in [-0.1, -0.05) is 51.1 Å². The van der Waals surface area contributed by atoms with Crippen LogP contribution >= 0.6 is 7.60 Å². The fourth-order valence-corrected chi connectivity index (χ4v) is 7.98. The van der Waals surface area contributed by atoms with E-state index >= 15 is 0 Å². The van der Waals surface area contributed by atoms with E-state index in [1.165, 1.54) is 36.8 Å². The Morgan fingerprint density at radius 1 is 0.919 bits per heavy atom. The van der Waals surface area contributed by atoms with E-state index in [9.17, 15) is 43.1 Å². The highest BCUT2D eigenvalue weighted by molar-refractivity contribution is 7.51. The second kappa shape index (κ2) is 26.0. The highest BCUT2D eigenvalue weighted by atomic mass is 31.2. The van der Waals surface area contributed by atoms with Crippen LogP contribution in [0.3, 0.4) is 0 Å². The van der Waals surface area contributed by atoms with Crippen LogP contribution in [0.2, 0.25) is 0 Å². The number of carbonyl (C=O) groups excluding carboxylic acids is 6. The molecule has 7 atom stereocenters. The van der Waals surface area contributed by atoms with Gasteiger partial charge in [-0.15, -0.1) is 0 Å². The van der Waals surface area contributed by atoms with E-state index < -0.39 is 85.5 Å². The maximum Gasteiger partial charge on any atom is 0.325 e. The van der Waals surface area contributed by atoms with E-state index in [-0.39, 0.29) is 50.7 Å². The summed E-state index contributed by atoms with van der Waals surface area (Å²) in [4.78, 5) is 108. The number of nitrogens with zero attached hydrogens (tertiary/aromatic N) is 2. The average molecular weight is 893 g/mol. The zero-order valence-electron chi connectivity index (χ0n) is 36.2. The van der Waals surface area contributed by atoms with Crippen LogP contribution in [0.1, 0.15) is 71.1 Å². The van der Waals surface area contributed by atoms with Gasteiger partial charge in [-0.3, -0.25) is 33.3 Å². The Labute approximate surface area is 362 Å². The number of unbranched alkanes of at least 4 members (excludes halogenated alkanes) is 1. The molecule has 62 heavy (non-hydrogen) atoms. The van der Waals surface area contributed by atoms with Gasteiger partial charge in [-0.25, -0.2) is 4.98 Å². The van der Waals surface area contributed by atoms with Crippen LogP contribution in [0.15, 0.2) is 42.9 Å². The van der Waals surface area contributed by atoms with Crippen LogP contribution < -0.4 is 27.0 Å². The Kier molecular flexibility index (Phi) is 21.7. The van der Waals surface area contributed by atoms with Gasteiger partial charge in [0.1, 0.15) is 30.2 Å². The Bertz CT molecular complexity index is 1780. The number of methoxy groups -OCH3 is 1. The fourth-order valence-electron chi connectivity index (χ4n) is 7.02. The van der Waals surface area contributed by atoms with Crippen molar-refractivity contribution in [3.8, 4) is 0 Å². The normalized spacial score (nSPS) is 17.7. The van der Waals surface area contributed by atoms with Crippen molar-refractivity contribution in [2.75, 3.05) is 46.2 Å². The summed E-state index contributed by atoms with van der Waals surface area (Å²) in [6.07, 6.45) is 4.56. The summed E-state index contributed by atoms with van der Waals surface area (Å²) < 4.78 is 28.2. The number of ether oxygens (including phenoxy) is 3. The van der Waals surface area contributed by atoms with Crippen LogP contribution in [-0.4, -0.2) is 143 Å². The molecule has 1 unspecified atom stereocenters. The minimum Gasteiger partial charge on any atom is -0.382 e. The first kappa shape index (κ1) is 51.6. The molecule has 0 saturated carbocycles. The molecule has 9 N–H and O–H groups in total. The number of aromatic amines is 1. The quantitative estimate of drug-likeness (QED) is 0.0423. The van der Waals surface area contributed by atoms with Gasteiger partial charge in [0.05, 0.1) is 44.8 Å². The molecule has 0 radical (unpaired) electrons. The number of aryl methyl sites for hydroxylation is 1. The van der Waals surface area contributed by atoms with E-state index in [1.54, 1.807) is 7.11 Å². The Morgan fingerprint density at radius 2 is 1.63 bits per heavy atom. The Morgan fingerprint density at radius 3 is 2.26 bits per heavy atom. The maximum absolute atomic E-state index is 14.1. The topological polar surface area (TPSA) is 294 Å². The fraction of sp³-hybridized carbons (Fsp3) is 0.634. The molecule has 1 aliphatic rings. The number of nitrogens with two attached hydrogens (primary N) is 1. The molecule has 1 aromatic carbocycles. The Balaban J connectivity index is 1.73. The largest absolute Gasteiger partial charge is 0.382 e. The predicted octanol–water partition coefficient (Wildman–Crippen LogP) is 0.319. The number of benzene rings is 1. The van der Waals surface area contributed by atoms with Crippen molar-refractivity contribution < 1.29 is 57.3 Å². The number of likely N-dealkylation sites (tertiary alicyclic amines) is 1. The molecule has 2 aromatic rings. The number of hydrogen-bond acceptors (Lipinski definition) is 11. The lowest BCUT2D eigenvalue weighted by molar-refractivity contribution is -0.140. The van der Waals surface area contributed by atoms with Crippen molar-refractivity contribution in [1.29, 1.82) is 0 Å². The average Bonchev–Trinajstić information content (AvgIpc) is 3.89. The Hall–Kier alpha value is -4.72. The van der Waals surface area contributed by atoms with Gasteiger partial charge in [0.15, 0.2) is 0 Å². The third-order valence-corrected chi connectivity index (χ3v) is 11.3. The number of rotatable bonds is 28. The summed E-state index contributed by atoms with van der Waals surface area (Å²) in [5.41, 5.74) is 7.11. The number of primary amides is 1. The molecule has 2 heterocycles. The van der Waals surface area contributed by atoms with Gasteiger partial charge < -0.3 is 60.9 Å². The minimum atomic E-state index is -4.56. The molecule has 346 valence electrons. The van der Waals surface area contributed by atoms with E-state index in [4.69, 9.17) is 19.9 Å². The molecular weight excluding hydrogens is 827 g/mol. The van der Waals surface area contributed by atoms with E-state index in [0.717, 1.165) is 19.3 Å². The van der Waals surface area contributed by atoms with Crippen LogP contribution in [0, 0.1) is 11.8 Å². The monoisotopic (exact) mass is 892 g/mol. The molecule has 1 fully saturated rings. The van der Waals surface area contributed by atoms with E-state index in [0.29, 0.717) is 25.5 Å². The summed E-state index contributed by atoms with van der Waals surface area (Å²) in [6.45, 7) is 7.78. The number of hydrogen-bond donors (Lipinski definition) is 8. The smallest absolute Gasteiger partial charge is 0.325 e. The molecule has 0 bridgehead atoms. The van der Waals surface area contributed by atoms with E-state index in [1.807, 2.05) is 32.0 Å². The highest BCUT2D eigenvalue weighted by Crippen LogP contribution is 2.37. The first-order chi connectivity index (χ1) is 29.4. The number of amides is 6. The lowest BCUT2D eigenvalue weighted by Crippen LogP contribution is -2.59. The minimum absolute atomic E-state index is 0.0175. The molecule has 20 nitrogen and oxygen atoms in total. The number of aromatic nitrogens is 2. The van der Waals surface area contributed by atoms with Gasteiger partial charge in [-0.2, -0.15) is 0 Å². The number of carbonyl (C=O) groups is 6. The van der Waals surface area contributed by atoms with Crippen molar-refractivity contribution in [1.82, 2.24) is 36.1 Å². The summed E-state index contributed by atoms with van der Waals surface area (Å²) in [5, 5.41) is 10.4. The predicted molar refractivity (Wildman–Crippen MR) is 227 cm³/mol. The van der Waals surface area contributed by atoms with Crippen molar-refractivity contribution >= 4 is 43.0 Å². The summed E-state index contributed by atoms with van der Waals surface area (Å²) in [5.74, 6) is -5.41. The molecular formula is C41H65N8O12P. The lowest BCUT2D eigenvalue weighted by atomic mass is 10.0. The summed E-state index contributed by atoms with van der Waals surface area (Å²) >= 11 is 0. The van der Waals surface area contributed by atoms with Gasteiger partial charge >= 0.3 is 7.60 Å². The third-order valence-electron chi connectivity index (χ3n) is 10.2. The zero-order valence-corrected chi connectivity index (χ0v) is 37.1. The lowest BCUT2D eigenvalue weighted by Gasteiger charge is -2.28. The van der Waals surface area contributed by atoms with Crippen molar-refractivity contribution in [2.45, 2.75) is 109 Å². The summed E-state index contributed by atoms with van der Waals surface area (Å²) in [6, 6.07) is 3.96. The van der Waals surface area contributed by atoms with Crippen molar-refractivity contribution in [2.24, 2.45) is 17.6 Å². The second-order valence-electron chi connectivity index (χ2n) is 16.1. The first-order valence-electron chi connectivity index (χ1n) is 20.9. The van der Waals surface area contributed by atoms with Gasteiger partial charge in [0.2, 0.25) is 35.4 Å². The standard InChI is InChI=1S/C41H65N8O12P/c1-26(2)19-32(40(54)46-33(20-30-22-43-25-44-30)39(53)45-28(4)38(52)48-36(37(42)51)27(3)24-62(56,57)58)47-41(55)34-21-31(23-49(34)35(50)14-16-60-18-17-59-5)61-15-10-9-13-29-11-7-6-8-12-29/h6-8,11-12,22,25-28,31-34,36H,9-10,13-21,23-24H2,1-5H3,(H2,42,51)(H,43,44)(H,45,53)(H,46,54)(H,47,55)(H,48,52)(H2,56,57,58)/t27-,28-,31+,32-,33-,34?,36-/m0/s1. The van der Waals surface area contributed by atoms with Gasteiger partial charge in [0.25, 0.3) is 0 Å². The second-order valence-corrected chi connectivity index (χ2v) is 17.8. The molecule has 3 rings (SSSR count). The summed E-state index contributed by atoms with van der Waals surface area (Å²) in [7, 11) is -3.02. The zero-order chi connectivity index (χ0) is 45.8. The van der Waals surface area contributed by atoms with Crippen molar-refractivity contribution in [3.05, 3.63) is 54.1 Å². The first-order valence-corrected chi connectivity index (χ1v) is 22.7. The molecule has 1 aromatic heterocycles. The number of imidazole rings is 1. The number of nitrogens with one attached hydrogen (secondary N) is 5.